The average Bonchev–Trinajstić information content (AvgIpc) is 3.01. The zero-order chi connectivity index (χ0) is 29.2. The Bertz CT molecular complexity index is 1450. The number of ether oxygens (including phenoxy) is 4. The first-order chi connectivity index (χ1) is 19.9. The molecule has 41 heavy (non-hydrogen) atoms. The van der Waals surface area contributed by atoms with Crippen molar-refractivity contribution in [3.8, 4) is 17.2 Å². The Morgan fingerprint density at radius 2 is 1.61 bits per heavy atom. The lowest BCUT2D eigenvalue weighted by atomic mass is 10.1. The molecule has 0 unspecified atom stereocenters. The summed E-state index contributed by atoms with van der Waals surface area (Å²) in [5, 5.41) is 6.28. The molecule has 0 saturated carbocycles. The Balaban J connectivity index is 1.35. The van der Waals surface area contributed by atoms with Crippen LogP contribution in [0, 0.1) is 0 Å². The maximum Gasteiger partial charge on any atom is 0.343 e. The molecule has 0 bridgehead atoms. The molecular weight excluding hydrogens is 532 g/mol. The summed E-state index contributed by atoms with van der Waals surface area (Å²) in [4.78, 5) is 51.8. The monoisotopic (exact) mass is 560 g/mol. The molecule has 12 heteroatoms. The minimum absolute atomic E-state index is 0.180. The van der Waals surface area contributed by atoms with Gasteiger partial charge in [0.25, 0.3) is 5.91 Å². The Kier molecular flexibility index (Phi) is 9.62. The molecular formula is C29H28N4O8. The highest BCUT2D eigenvalue weighted by Gasteiger charge is 2.23. The molecule has 212 valence electrons. The summed E-state index contributed by atoms with van der Waals surface area (Å²) in [6, 6.07) is 17.5. The van der Waals surface area contributed by atoms with E-state index < -0.39 is 17.8 Å². The summed E-state index contributed by atoms with van der Waals surface area (Å²) in [6.07, 6.45) is 1.29. The molecule has 0 aromatic heterocycles. The van der Waals surface area contributed by atoms with E-state index in [1.54, 1.807) is 59.5 Å². The van der Waals surface area contributed by atoms with Crippen molar-refractivity contribution in [3.63, 3.8) is 0 Å². The van der Waals surface area contributed by atoms with E-state index in [0.717, 1.165) is 0 Å². The standard InChI is InChI=1S/C29H28N4O8/c1-38-21-10-8-20(9-11-21)29(37)41-24-12-7-19(17-25(24)39-2)18-30-32-27(35)26(34)31-23-6-4-3-5-22(23)28(36)33-13-15-40-16-14-33/h3-12,17-18H,13-16H2,1-2H3,(H,31,34)(H,32,35). The Hall–Kier alpha value is -5.23. The maximum absolute atomic E-state index is 12.9. The van der Waals surface area contributed by atoms with Crippen LogP contribution >= 0.6 is 0 Å². The molecule has 12 nitrogen and oxygen atoms in total. The van der Waals surface area contributed by atoms with E-state index in [0.29, 0.717) is 43.2 Å². The van der Waals surface area contributed by atoms with E-state index in [-0.39, 0.29) is 28.7 Å². The summed E-state index contributed by atoms with van der Waals surface area (Å²) < 4.78 is 21.1. The number of benzene rings is 3. The summed E-state index contributed by atoms with van der Waals surface area (Å²) >= 11 is 0. The van der Waals surface area contributed by atoms with Crippen LogP contribution in [0.4, 0.5) is 5.69 Å². The van der Waals surface area contributed by atoms with Crippen LogP contribution in [0.2, 0.25) is 0 Å². The SMILES string of the molecule is COc1ccc(C(=O)Oc2ccc(C=NNC(=O)C(=O)Nc3ccccc3C(=O)N3CCOCC3)cc2OC)cc1. The van der Waals surface area contributed by atoms with E-state index >= 15 is 0 Å². The number of para-hydroxylation sites is 1. The highest BCUT2D eigenvalue weighted by Crippen LogP contribution is 2.28. The van der Waals surface area contributed by atoms with Gasteiger partial charge in [0.2, 0.25) is 0 Å². The topological polar surface area (TPSA) is 145 Å². The fourth-order valence-corrected chi connectivity index (χ4v) is 3.85. The van der Waals surface area contributed by atoms with Gasteiger partial charge in [-0.25, -0.2) is 10.2 Å². The van der Waals surface area contributed by atoms with Crippen molar-refractivity contribution in [1.82, 2.24) is 10.3 Å². The van der Waals surface area contributed by atoms with E-state index in [9.17, 15) is 19.2 Å². The van der Waals surface area contributed by atoms with Crippen LogP contribution in [0.1, 0.15) is 26.3 Å². The molecule has 1 saturated heterocycles. The van der Waals surface area contributed by atoms with Gasteiger partial charge in [0, 0.05) is 13.1 Å². The molecule has 0 aliphatic carbocycles. The molecule has 1 heterocycles. The van der Waals surface area contributed by atoms with E-state index in [4.69, 9.17) is 18.9 Å². The Morgan fingerprint density at radius 1 is 0.878 bits per heavy atom. The van der Waals surface area contributed by atoms with Crippen molar-refractivity contribution >= 4 is 35.6 Å². The first kappa shape index (κ1) is 28.8. The number of amides is 3. The lowest BCUT2D eigenvalue weighted by Gasteiger charge is -2.27. The van der Waals surface area contributed by atoms with Crippen LogP contribution in [0.3, 0.4) is 0 Å². The van der Waals surface area contributed by atoms with Crippen molar-refractivity contribution in [2.45, 2.75) is 0 Å². The fourth-order valence-electron chi connectivity index (χ4n) is 3.85. The third-order valence-corrected chi connectivity index (χ3v) is 6.01. The highest BCUT2D eigenvalue weighted by atomic mass is 16.6. The lowest BCUT2D eigenvalue weighted by molar-refractivity contribution is -0.136. The van der Waals surface area contributed by atoms with Crippen LogP contribution in [0.15, 0.2) is 71.8 Å². The van der Waals surface area contributed by atoms with Crippen molar-refractivity contribution < 1.29 is 38.1 Å². The van der Waals surface area contributed by atoms with E-state index in [2.05, 4.69) is 15.8 Å². The molecule has 3 aromatic rings. The van der Waals surface area contributed by atoms with Gasteiger partial charge in [-0.3, -0.25) is 14.4 Å². The van der Waals surface area contributed by atoms with E-state index in [1.165, 1.54) is 32.6 Å². The maximum atomic E-state index is 12.9. The number of hydrazone groups is 1. The predicted octanol–water partition coefficient (Wildman–Crippen LogP) is 2.48. The molecule has 1 aliphatic heterocycles. The van der Waals surface area contributed by atoms with Crippen LogP contribution in [-0.2, 0) is 14.3 Å². The fraction of sp³-hybridized carbons (Fsp3) is 0.207. The second kappa shape index (κ2) is 13.7. The molecule has 4 rings (SSSR count). The van der Waals surface area contributed by atoms with Crippen molar-refractivity contribution in [2.24, 2.45) is 5.10 Å². The second-order valence-corrected chi connectivity index (χ2v) is 8.63. The summed E-state index contributed by atoms with van der Waals surface area (Å²) in [5.41, 5.74) is 3.44. The highest BCUT2D eigenvalue weighted by molar-refractivity contribution is 6.40. The number of morpholine rings is 1. The zero-order valence-electron chi connectivity index (χ0n) is 22.4. The minimum atomic E-state index is -1.04. The number of nitrogens with one attached hydrogen (secondary N) is 2. The Labute approximate surface area is 235 Å². The summed E-state index contributed by atoms with van der Waals surface area (Å²) in [6.45, 7) is 1.74. The zero-order valence-corrected chi connectivity index (χ0v) is 22.4. The van der Waals surface area contributed by atoms with Gasteiger partial charge < -0.3 is 29.2 Å². The summed E-state index contributed by atoms with van der Waals surface area (Å²) in [5.74, 6) is -1.85. The van der Waals surface area contributed by atoms with Crippen molar-refractivity contribution in [3.05, 3.63) is 83.4 Å². The van der Waals surface area contributed by atoms with Gasteiger partial charge in [-0.15, -0.1) is 0 Å². The molecule has 3 amide bonds. The molecule has 3 aromatic carbocycles. The number of anilines is 1. The van der Waals surface area contributed by atoms with Gasteiger partial charge in [-0.1, -0.05) is 12.1 Å². The predicted molar refractivity (Wildman–Crippen MR) is 148 cm³/mol. The van der Waals surface area contributed by atoms with Crippen LogP contribution in [-0.4, -0.2) is 75.3 Å². The number of carbonyl (C=O) groups is 4. The normalized spacial score (nSPS) is 12.9. The largest absolute Gasteiger partial charge is 0.497 e. The molecule has 2 N–H and O–H groups in total. The van der Waals surface area contributed by atoms with Crippen LogP contribution in [0.25, 0.3) is 0 Å². The number of carbonyl (C=O) groups excluding carboxylic acids is 4. The molecule has 1 fully saturated rings. The molecule has 0 spiro atoms. The first-order valence-electron chi connectivity index (χ1n) is 12.5. The smallest absolute Gasteiger partial charge is 0.343 e. The van der Waals surface area contributed by atoms with Gasteiger partial charge in [0.05, 0.1) is 50.5 Å². The molecule has 1 aliphatic rings. The molecule has 0 atom stereocenters. The summed E-state index contributed by atoms with van der Waals surface area (Å²) in [7, 11) is 2.94. The van der Waals surface area contributed by atoms with Gasteiger partial charge in [0.15, 0.2) is 11.5 Å². The third-order valence-electron chi connectivity index (χ3n) is 6.01. The van der Waals surface area contributed by atoms with Gasteiger partial charge in [0.1, 0.15) is 5.75 Å². The number of esters is 1. The second-order valence-electron chi connectivity index (χ2n) is 8.63. The minimum Gasteiger partial charge on any atom is -0.497 e. The van der Waals surface area contributed by atoms with Crippen LogP contribution < -0.4 is 25.0 Å². The number of rotatable bonds is 8. The van der Waals surface area contributed by atoms with Crippen molar-refractivity contribution in [1.29, 1.82) is 0 Å². The molecule has 0 radical (unpaired) electrons. The van der Waals surface area contributed by atoms with E-state index in [1.807, 2.05) is 0 Å². The van der Waals surface area contributed by atoms with Crippen LogP contribution in [0.5, 0.6) is 17.2 Å². The number of methoxy groups -OCH3 is 2. The number of hydrogen-bond acceptors (Lipinski definition) is 9. The van der Waals surface area contributed by atoms with Gasteiger partial charge in [-0.2, -0.15) is 5.10 Å². The Morgan fingerprint density at radius 3 is 2.32 bits per heavy atom. The quantitative estimate of drug-likeness (QED) is 0.141. The number of nitrogens with zero attached hydrogens (tertiary/aromatic N) is 2. The first-order valence-corrected chi connectivity index (χ1v) is 12.5. The van der Waals surface area contributed by atoms with Gasteiger partial charge >= 0.3 is 17.8 Å². The van der Waals surface area contributed by atoms with Crippen molar-refractivity contribution in [2.75, 3.05) is 45.8 Å². The number of hydrogen-bond donors (Lipinski definition) is 2. The third kappa shape index (κ3) is 7.46. The lowest BCUT2D eigenvalue weighted by Crippen LogP contribution is -2.41. The van der Waals surface area contributed by atoms with Gasteiger partial charge in [-0.05, 0) is 60.2 Å². The average molecular weight is 561 g/mol.